The number of ether oxygens (including phenoxy) is 2. The molecule has 8 heteroatoms. The number of aromatic nitrogens is 2. The topological polar surface area (TPSA) is 73.7 Å². The molecule has 0 aromatic carbocycles. The SMILES string of the molecule is CCCCCCCCCCCCCCSCCOC(=O)CCN(CCCCCCCCOC(=O)CC12C3C4C5C3C1C5C42)CCCn1ccnc1. The quantitative estimate of drug-likeness (QED) is 0.0518. The van der Waals surface area contributed by atoms with Crippen LogP contribution in [0.1, 0.15) is 142 Å². The average Bonchev–Trinajstić information content (AvgIpc) is 3.66. The second-order valence-electron chi connectivity index (χ2n) is 17.0. The molecule has 0 saturated heterocycles. The molecule has 1 aromatic rings. The van der Waals surface area contributed by atoms with Gasteiger partial charge in [-0.05, 0) is 91.4 Å². The van der Waals surface area contributed by atoms with Crippen LogP contribution in [0.4, 0.5) is 0 Å². The van der Waals surface area contributed by atoms with Gasteiger partial charge < -0.3 is 18.9 Å². The van der Waals surface area contributed by atoms with Gasteiger partial charge in [0.15, 0.2) is 0 Å². The number of hydrogen-bond acceptors (Lipinski definition) is 7. The van der Waals surface area contributed by atoms with Gasteiger partial charge in [-0.25, -0.2) is 4.98 Å². The first-order valence-electron chi connectivity index (χ1n) is 21.7. The van der Waals surface area contributed by atoms with Crippen LogP contribution in [0.2, 0.25) is 0 Å². The lowest BCUT2D eigenvalue weighted by Crippen LogP contribution is -3.05. The minimum atomic E-state index is -0.0596. The van der Waals surface area contributed by atoms with Gasteiger partial charge in [-0.15, -0.1) is 0 Å². The van der Waals surface area contributed by atoms with Crippen LogP contribution in [0.5, 0.6) is 0 Å². The van der Waals surface area contributed by atoms with Crippen LogP contribution in [0.25, 0.3) is 0 Å². The van der Waals surface area contributed by atoms with Crippen molar-refractivity contribution in [3.8, 4) is 0 Å². The Morgan fingerprint density at radius 2 is 1.25 bits per heavy atom. The largest absolute Gasteiger partial charge is 0.466 e. The van der Waals surface area contributed by atoms with Crippen molar-refractivity contribution in [1.29, 1.82) is 0 Å². The first-order valence-corrected chi connectivity index (χ1v) is 22.9. The maximum Gasteiger partial charge on any atom is 0.307 e. The summed E-state index contributed by atoms with van der Waals surface area (Å²) in [6.07, 6.45) is 31.5. The van der Waals surface area contributed by atoms with Crippen molar-refractivity contribution in [2.45, 2.75) is 148 Å². The fourth-order valence-electron chi connectivity index (χ4n) is 11.6. The molecule has 6 saturated carbocycles. The lowest BCUT2D eigenvalue weighted by molar-refractivity contribution is -0.613. The lowest BCUT2D eigenvalue weighted by atomic mass is 8.96. The van der Waals surface area contributed by atoms with Gasteiger partial charge in [-0.2, -0.15) is 11.8 Å². The molecule has 6 aliphatic carbocycles. The molecule has 0 spiro atoms. The van der Waals surface area contributed by atoms with Crippen LogP contribution in [0, 0.1) is 46.8 Å². The van der Waals surface area contributed by atoms with Crippen molar-refractivity contribution >= 4 is 23.7 Å². The molecule has 0 unspecified atom stereocenters. The van der Waals surface area contributed by atoms with Crippen molar-refractivity contribution in [3.63, 3.8) is 0 Å². The average molecular weight is 726 g/mol. The van der Waals surface area contributed by atoms with Crippen molar-refractivity contribution in [1.82, 2.24) is 14.5 Å². The number of hydrogen-bond donors (Lipinski definition) is 0. The van der Waals surface area contributed by atoms with Crippen molar-refractivity contribution in [2.75, 3.05) is 44.4 Å². The normalized spacial score (nSPS) is 28.3. The first-order chi connectivity index (χ1) is 25.2. The molecule has 6 fully saturated rings. The summed E-state index contributed by atoms with van der Waals surface area (Å²) in [7, 11) is 0. The molecule has 0 amide bonds. The summed E-state index contributed by atoms with van der Waals surface area (Å²) in [5.74, 6) is 9.16. The van der Waals surface area contributed by atoms with E-state index in [2.05, 4.69) is 21.4 Å². The van der Waals surface area contributed by atoms with Gasteiger partial charge in [-0.3, -0.25) is 9.59 Å². The van der Waals surface area contributed by atoms with Gasteiger partial charge in [-0.1, -0.05) is 103 Å². The molecule has 1 heterocycles. The lowest BCUT2D eigenvalue weighted by Gasteiger charge is -3.07. The number of unbranched alkanes of at least 4 members (excludes halogenated alkanes) is 16. The number of thioether (sulfide) groups is 1. The highest BCUT2D eigenvalue weighted by molar-refractivity contribution is 7.99. The van der Waals surface area contributed by atoms with Crippen LogP contribution in [-0.4, -0.2) is 70.7 Å². The highest BCUT2D eigenvalue weighted by Gasteiger charge is 3.04. The number of carbonyl (C=O) groups is 2. The zero-order valence-corrected chi connectivity index (χ0v) is 33.0. The van der Waals surface area contributed by atoms with E-state index in [9.17, 15) is 9.59 Å². The Kier molecular flexibility index (Phi) is 15.5. The van der Waals surface area contributed by atoms with E-state index in [0.717, 1.165) is 105 Å². The van der Waals surface area contributed by atoms with Crippen LogP contribution in [0.3, 0.4) is 0 Å². The summed E-state index contributed by atoms with van der Waals surface area (Å²) in [5, 5.41) is 0. The van der Waals surface area contributed by atoms with E-state index in [1.807, 2.05) is 30.5 Å². The second-order valence-corrected chi connectivity index (χ2v) is 18.2. The molecule has 7 rings (SSSR count). The molecule has 0 aliphatic heterocycles. The molecule has 0 atom stereocenters. The van der Waals surface area contributed by atoms with Crippen LogP contribution >= 0.6 is 11.8 Å². The smallest absolute Gasteiger partial charge is 0.307 e. The van der Waals surface area contributed by atoms with E-state index in [1.165, 1.54) is 102 Å². The van der Waals surface area contributed by atoms with E-state index in [1.54, 1.807) is 0 Å². The Hall–Kier alpha value is -1.54. The summed E-state index contributed by atoms with van der Waals surface area (Å²) in [6.45, 7) is 7.15. The predicted molar refractivity (Wildman–Crippen MR) is 207 cm³/mol. The molecule has 1 aromatic heterocycles. The van der Waals surface area contributed by atoms with E-state index < -0.39 is 0 Å². The Labute approximate surface area is 314 Å². The Morgan fingerprint density at radius 1 is 0.667 bits per heavy atom. The number of nitrogens with zero attached hydrogens (tertiary/aromatic N) is 3. The third kappa shape index (κ3) is 9.41. The van der Waals surface area contributed by atoms with Gasteiger partial charge in [0.1, 0.15) is 6.61 Å². The maximum atomic E-state index is 12.5. The van der Waals surface area contributed by atoms with Gasteiger partial charge in [0.2, 0.25) is 0 Å². The predicted octanol–water partition coefficient (Wildman–Crippen LogP) is 9.58. The first kappa shape index (κ1) is 39.2. The van der Waals surface area contributed by atoms with Gasteiger partial charge in [0, 0.05) is 31.2 Å². The minimum Gasteiger partial charge on any atom is -0.466 e. The Bertz CT molecular complexity index is 1130. The minimum absolute atomic E-state index is 0.0596. The molecule has 6 aliphatic rings. The maximum absolute atomic E-state index is 12.5. The molecule has 51 heavy (non-hydrogen) atoms. The second kappa shape index (κ2) is 20.2. The van der Waals surface area contributed by atoms with Crippen molar-refractivity contribution in [2.24, 2.45) is 46.8 Å². The number of esters is 2. The van der Waals surface area contributed by atoms with Crippen LogP contribution in [0.15, 0.2) is 18.7 Å². The molecule has 7 nitrogen and oxygen atoms in total. The van der Waals surface area contributed by atoms with Gasteiger partial charge in [0.05, 0.1) is 25.8 Å². The van der Waals surface area contributed by atoms with E-state index in [4.69, 9.17) is 9.47 Å². The summed E-state index contributed by atoms with van der Waals surface area (Å²) in [5.41, 5.74) is 0.448. The van der Waals surface area contributed by atoms with E-state index in [0.29, 0.717) is 25.0 Å². The number of imidazole rings is 1. The molecular weight excluding hydrogens is 655 g/mol. The molecule has 288 valence electrons. The standard InChI is InChI=1S/C43H71N3O4S/c1-2-3-4-5-6-7-8-9-10-13-16-19-30-51-31-29-50-34(47)21-26-45(24-20-25-46-27-22-44-33-46)23-17-14-11-12-15-18-28-49-35(48)32-43-40-37-36-38(40)42(43)39(36)41(37)43/h22,27,33,36-42H,2-21,23-26,28-32H2,1H3. The fraction of sp³-hybridized carbons (Fsp3) is 0.884. The zero-order chi connectivity index (χ0) is 35.3. The molecular formula is C43H71N3O4S. The third-order valence-corrected chi connectivity index (χ3v) is 15.0. The highest BCUT2D eigenvalue weighted by Crippen LogP contribution is 3.06. The van der Waals surface area contributed by atoms with Gasteiger partial charge in [0.25, 0.3) is 0 Å². The summed E-state index contributed by atoms with van der Waals surface area (Å²) in [6, 6.07) is 0. The van der Waals surface area contributed by atoms with Crippen LogP contribution < -0.4 is 0 Å². The summed E-state index contributed by atoms with van der Waals surface area (Å²) < 4.78 is 13.4. The zero-order valence-electron chi connectivity index (χ0n) is 32.2. The number of aryl methyl sites for hydroxylation is 1. The molecule has 0 N–H and O–H groups in total. The summed E-state index contributed by atoms with van der Waals surface area (Å²) >= 11 is 1.93. The van der Waals surface area contributed by atoms with Crippen molar-refractivity contribution < 1.29 is 19.1 Å². The number of carbonyl (C=O) groups excluding carboxylic acids is 2. The van der Waals surface area contributed by atoms with Gasteiger partial charge >= 0.3 is 11.9 Å². The summed E-state index contributed by atoms with van der Waals surface area (Å²) in [4.78, 5) is 31.7. The number of rotatable bonds is 34. The molecule has 0 bridgehead atoms. The Balaban J connectivity index is 0.718. The highest BCUT2D eigenvalue weighted by atomic mass is 32.2. The molecule has 0 radical (unpaired) electrons. The third-order valence-electron chi connectivity index (χ3n) is 14.0. The monoisotopic (exact) mass is 726 g/mol. The van der Waals surface area contributed by atoms with E-state index in [-0.39, 0.29) is 11.9 Å². The van der Waals surface area contributed by atoms with E-state index >= 15 is 0 Å². The van der Waals surface area contributed by atoms with Crippen LogP contribution in [-0.2, 0) is 25.6 Å². The van der Waals surface area contributed by atoms with Crippen molar-refractivity contribution in [3.05, 3.63) is 18.7 Å². The Morgan fingerprint density at radius 3 is 1.90 bits per heavy atom. The fourth-order valence-corrected chi connectivity index (χ4v) is 12.4.